The SMILES string of the molecule is CCOc1ccc(C(=O)NNS(=O)(=O)c2cccc(C(F)(F)F)c2)cc1. The van der Waals surface area contributed by atoms with Gasteiger partial charge in [-0.15, -0.1) is 4.83 Å². The Kier molecular flexibility index (Phi) is 5.88. The molecular formula is C16H15F3N2O4S. The molecule has 0 fully saturated rings. The topological polar surface area (TPSA) is 84.5 Å². The van der Waals surface area contributed by atoms with Crippen LogP contribution in [-0.2, 0) is 16.2 Å². The average molecular weight is 388 g/mol. The highest BCUT2D eigenvalue weighted by Crippen LogP contribution is 2.30. The van der Waals surface area contributed by atoms with E-state index < -0.39 is 32.6 Å². The summed E-state index contributed by atoms with van der Waals surface area (Å²) in [6.07, 6.45) is -4.68. The molecule has 0 bridgehead atoms. The monoisotopic (exact) mass is 388 g/mol. The quantitative estimate of drug-likeness (QED) is 0.746. The zero-order valence-electron chi connectivity index (χ0n) is 13.5. The molecule has 6 nitrogen and oxygen atoms in total. The first-order valence-electron chi connectivity index (χ1n) is 7.36. The number of halogens is 3. The molecule has 2 N–H and O–H groups in total. The van der Waals surface area contributed by atoms with Gasteiger partial charge in [-0.1, -0.05) is 6.07 Å². The van der Waals surface area contributed by atoms with Crippen LogP contribution < -0.4 is 15.0 Å². The van der Waals surface area contributed by atoms with Crippen LogP contribution in [0.25, 0.3) is 0 Å². The summed E-state index contributed by atoms with van der Waals surface area (Å²) in [7, 11) is -4.37. The van der Waals surface area contributed by atoms with Crippen molar-refractivity contribution in [1.82, 2.24) is 10.3 Å². The van der Waals surface area contributed by atoms with Crippen molar-refractivity contribution in [3.8, 4) is 5.75 Å². The summed E-state index contributed by atoms with van der Waals surface area (Å²) < 4.78 is 67.4. The summed E-state index contributed by atoms with van der Waals surface area (Å²) in [4.78, 5) is 13.1. The highest BCUT2D eigenvalue weighted by molar-refractivity contribution is 7.89. The average Bonchev–Trinajstić information content (AvgIpc) is 2.60. The zero-order valence-corrected chi connectivity index (χ0v) is 14.3. The molecule has 0 atom stereocenters. The number of sulfonamides is 1. The van der Waals surface area contributed by atoms with E-state index in [4.69, 9.17) is 4.74 Å². The van der Waals surface area contributed by atoms with Crippen LogP contribution in [0.4, 0.5) is 13.2 Å². The molecule has 0 spiro atoms. The van der Waals surface area contributed by atoms with Gasteiger partial charge in [0.1, 0.15) is 5.75 Å². The van der Waals surface area contributed by atoms with Gasteiger partial charge in [0.25, 0.3) is 15.9 Å². The molecule has 0 aliphatic rings. The van der Waals surface area contributed by atoms with Crippen LogP contribution in [-0.4, -0.2) is 20.9 Å². The zero-order chi connectivity index (χ0) is 19.4. The Morgan fingerprint density at radius 2 is 1.77 bits per heavy atom. The van der Waals surface area contributed by atoms with Crippen molar-refractivity contribution in [2.75, 3.05) is 6.61 Å². The summed E-state index contributed by atoms with van der Waals surface area (Å²) in [5.41, 5.74) is 0.975. The van der Waals surface area contributed by atoms with E-state index in [2.05, 4.69) is 0 Å². The van der Waals surface area contributed by atoms with Crippen molar-refractivity contribution in [3.63, 3.8) is 0 Å². The van der Waals surface area contributed by atoms with Gasteiger partial charge in [-0.25, -0.2) is 8.42 Å². The molecule has 2 aromatic rings. The number of nitrogens with one attached hydrogen (secondary N) is 2. The maximum atomic E-state index is 12.7. The Labute approximate surface area is 148 Å². The van der Waals surface area contributed by atoms with E-state index in [-0.39, 0.29) is 5.56 Å². The Balaban J connectivity index is 2.09. The fraction of sp³-hybridized carbons (Fsp3) is 0.188. The number of carbonyl (C=O) groups is 1. The molecular weight excluding hydrogens is 373 g/mol. The molecule has 0 aromatic heterocycles. The highest BCUT2D eigenvalue weighted by Gasteiger charge is 2.31. The van der Waals surface area contributed by atoms with Crippen LogP contribution in [0.15, 0.2) is 53.4 Å². The Hall–Kier alpha value is -2.59. The van der Waals surface area contributed by atoms with Crippen LogP contribution in [0.3, 0.4) is 0 Å². The van der Waals surface area contributed by atoms with E-state index in [9.17, 15) is 26.4 Å². The van der Waals surface area contributed by atoms with E-state index >= 15 is 0 Å². The fourth-order valence-electron chi connectivity index (χ4n) is 1.95. The van der Waals surface area contributed by atoms with Crippen LogP contribution in [0.5, 0.6) is 5.75 Å². The lowest BCUT2D eigenvalue weighted by Crippen LogP contribution is -2.41. The summed E-state index contributed by atoms with van der Waals surface area (Å²) in [5.74, 6) is -0.239. The van der Waals surface area contributed by atoms with Crippen molar-refractivity contribution in [1.29, 1.82) is 0 Å². The Bertz CT molecular complexity index is 881. The van der Waals surface area contributed by atoms with Crippen LogP contribution in [0.2, 0.25) is 0 Å². The molecule has 10 heteroatoms. The van der Waals surface area contributed by atoms with E-state index in [1.807, 2.05) is 5.43 Å². The second kappa shape index (κ2) is 7.75. The van der Waals surface area contributed by atoms with E-state index in [1.165, 1.54) is 24.3 Å². The van der Waals surface area contributed by atoms with Crippen molar-refractivity contribution in [2.45, 2.75) is 18.0 Å². The lowest BCUT2D eigenvalue weighted by Gasteiger charge is -2.11. The number of carbonyl (C=O) groups excluding carboxylic acids is 1. The van der Waals surface area contributed by atoms with Crippen LogP contribution in [0.1, 0.15) is 22.8 Å². The Morgan fingerprint density at radius 3 is 2.35 bits per heavy atom. The number of benzene rings is 2. The third-order valence-electron chi connectivity index (χ3n) is 3.20. The predicted molar refractivity (Wildman–Crippen MR) is 86.8 cm³/mol. The maximum Gasteiger partial charge on any atom is 0.416 e. The van der Waals surface area contributed by atoms with E-state index in [0.717, 1.165) is 18.2 Å². The van der Waals surface area contributed by atoms with Crippen molar-refractivity contribution < 1.29 is 31.1 Å². The molecule has 26 heavy (non-hydrogen) atoms. The van der Waals surface area contributed by atoms with Crippen LogP contribution >= 0.6 is 0 Å². The molecule has 0 aliphatic carbocycles. The summed E-state index contributed by atoms with van der Waals surface area (Å²) >= 11 is 0. The van der Waals surface area contributed by atoms with Crippen molar-refractivity contribution >= 4 is 15.9 Å². The molecule has 0 aliphatic heterocycles. The second-order valence-corrected chi connectivity index (χ2v) is 6.73. The number of hydrazine groups is 1. The standard InChI is InChI=1S/C16H15F3N2O4S/c1-2-25-13-8-6-11(7-9-13)15(22)20-21-26(23,24)14-5-3-4-12(10-14)16(17,18)19/h3-10,21H,2H2,1H3,(H,20,22). The second-order valence-electron chi connectivity index (χ2n) is 5.04. The van der Waals surface area contributed by atoms with Gasteiger partial charge >= 0.3 is 6.18 Å². The molecule has 140 valence electrons. The number of alkyl halides is 3. The first kappa shape index (κ1) is 19.7. The van der Waals surface area contributed by atoms with Gasteiger partial charge in [0.2, 0.25) is 0 Å². The third-order valence-corrected chi connectivity index (χ3v) is 4.44. The fourth-order valence-corrected chi connectivity index (χ4v) is 2.84. The normalized spacial score (nSPS) is 11.8. The number of hydrogen-bond acceptors (Lipinski definition) is 4. The summed E-state index contributed by atoms with van der Waals surface area (Å²) in [6.45, 7) is 2.24. The van der Waals surface area contributed by atoms with Gasteiger partial charge in [-0.2, -0.15) is 13.2 Å². The molecule has 0 radical (unpaired) electrons. The van der Waals surface area contributed by atoms with Gasteiger partial charge in [0.15, 0.2) is 0 Å². The maximum absolute atomic E-state index is 12.7. The molecule has 0 saturated heterocycles. The lowest BCUT2D eigenvalue weighted by molar-refractivity contribution is -0.137. The molecule has 2 aromatic carbocycles. The minimum atomic E-state index is -4.68. The first-order chi connectivity index (χ1) is 12.1. The molecule has 0 unspecified atom stereocenters. The van der Waals surface area contributed by atoms with Crippen LogP contribution in [0, 0.1) is 0 Å². The molecule has 1 amide bonds. The summed E-state index contributed by atoms with van der Waals surface area (Å²) in [6, 6.07) is 9.06. The van der Waals surface area contributed by atoms with Gasteiger partial charge < -0.3 is 4.74 Å². The lowest BCUT2D eigenvalue weighted by atomic mass is 10.2. The predicted octanol–water partition coefficient (Wildman–Crippen LogP) is 2.73. The van der Waals surface area contributed by atoms with E-state index in [0.29, 0.717) is 18.4 Å². The third kappa shape index (κ3) is 4.96. The smallest absolute Gasteiger partial charge is 0.416 e. The highest BCUT2D eigenvalue weighted by atomic mass is 32.2. The largest absolute Gasteiger partial charge is 0.494 e. The van der Waals surface area contributed by atoms with Gasteiger partial charge in [0.05, 0.1) is 17.1 Å². The number of amides is 1. The Morgan fingerprint density at radius 1 is 1.12 bits per heavy atom. The van der Waals surface area contributed by atoms with E-state index in [1.54, 1.807) is 11.8 Å². The summed E-state index contributed by atoms with van der Waals surface area (Å²) in [5, 5.41) is 0. The first-order valence-corrected chi connectivity index (χ1v) is 8.84. The molecule has 0 saturated carbocycles. The molecule has 2 rings (SSSR count). The van der Waals surface area contributed by atoms with Crippen molar-refractivity contribution in [3.05, 3.63) is 59.7 Å². The van der Waals surface area contributed by atoms with Gasteiger partial charge in [-0.3, -0.25) is 10.2 Å². The number of rotatable bonds is 6. The van der Waals surface area contributed by atoms with Gasteiger partial charge in [0, 0.05) is 5.56 Å². The van der Waals surface area contributed by atoms with Crippen molar-refractivity contribution in [2.24, 2.45) is 0 Å². The number of hydrogen-bond donors (Lipinski definition) is 2. The minimum Gasteiger partial charge on any atom is -0.494 e. The number of ether oxygens (including phenoxy) is 1. The molecule has 0 heterocycles. The van der Waals surface area contributed by atoms with Gasteiger partial charge in [-0.05, 0) is 49.4 Å². The minimum absolute atomic E-state index is 0.139.